The number of carbonyl (C=O) groups is 1. The number of carboxylic acid groups (broad SMARTS) is 1. The predicted octanol–water partition coefficient (Wildman–Crippen LogP) is 7.24. The van der Waals surface area contributed by atoms with Crippen LogP contribution in [0.1, 0.15) is 70.3 Å². The highest BCUT2D eigenvalue weighted by atomic mass is 16.5. The number of hydrogen-bond donors (Lipinski definition) is 1. The normalized spacial score (nSPS) is 15.7. The van der Waals surface area contributed by atoms with Crippen LogP contribution in [0.3, 0.4) is 0 Å². The fourth-order valence-corrected chi connectivity index (χ4v) is 6.22. The summed E-state index contributed by atoms with van der Waals surface area (Å²) < 4.78 is 11.2. The Morgan fingerprint density at radius 3 is 2.30 bits per heavy atom. The molecule has 0 heterocycles. The summed E-state index contributed by atoms with van der Waals surface area (Å²) in [7, 11) is 3.62. The van der Waals surface area contributed by atoms with Crippen molar-refractivity contribution in [1.29, 1.82) is 0 Å². The quantitative estimate of drug-likeness (QED) is 0.192. The largest absolute Gasteiger partial charge is 0.492 e. The van der Waals surface area contributed by atoms with Crippen LogP contribution in [0.2, 0.25) is 0 Å². The molecule has 224 valence electrons. The Hall–Kier alpha value is -3.93. The topological polar surface area (TPSA) is 59.0 Å². The highest BCUT2D eigenvalue weighted by molar-refractivity contribution is 5.72. The molecule has 0 radical (unpaired) electrons. The number of rotatable bonds is 12. The van der Waals surface area contributed by atoms with Gasteiger partial charge in [-0.1, -0.05) is 92.7 Å². The third-order valence-corrected chi connectivity index (χ3v) is 8.90. The molecule has 5 heteroatoms. The maximum Gasteiger partial charge on any atom is 0.333 e. The van der Waals surface area contributed by atoms with E-state index in [-0.39, 0.29) is 6.04 Å². The van der Waals surface area contributed by atoms with Crippen molar-refractivity contribution in [2.75, 3.05) is 27.3 Å². The minimum absolute atomic E-state index is 0.134. The number of nitrogens with zero attached hydrogens (tertiary/aromatic N) is 1. The van der Waals surface area contributed by atoms with Gasteiger partial charge in [0.15, 0.2) is 6.10 Å². The van der Waals surface area contributed by atoms with Crippen LogP contribution >= 0.6 is 0 Å². The number of fused-ring (bicyclic) bond motifs is 2. The zero-order valence-corrected chi connectivity index (χ0v) is 25.8. The molecule has 0 fully saturated rings. The molecule has 5 nitrogen and oxygen atoms in total. The minimum atomic E-state index is -0.958. The Kier molecular flexibility index (Phi) is 9.96. The molecule has 3 atom stereocenters. The van der Waals surface area contributed by atoms with E-state index in [0.717, 1.165) is 37.1 Å². The van der Waals surface area contributed by atoms with Gasteiger partial charge in [-0.15, -0.1) is 0 Å². The van der Waals surface area contributed by atoms with Crippen LogP contribution in [0.5, 0.6) is 5.75 Å². The van der Waals surface area contributed by atoms with Gasteiger partial charge in [-0.05, 0) is 83.0 Å². The first kappa shape index (κ1) is 30.5. The van der Waals surface area contributed by atoms with E-state index in [0.29, 0.717) is 18.9 Å². The molecule has 1 aliphatic rings. The lowest BCUT2D eigenvalue weighted by Crippen LogP contribution is -2.30. The van der Waals surface area contributed by atoms with E-state index in [9.17, 15) is 9.90 Å². The van der Waals surface area contributed by atoms with E-state index in [1.165, 1.54) is 46.1 Å². The van der Waals surface area contributed by atoms with Crippen molar-refractivity contribution in [3.8, 4) is 5.75 Å². The van der Waals surface area contributed by atoms with Crippen LogP contribution < -0.4 is 4.74 Å². The minimum Gasteiger partial charge on any atom is -0.492 e. The smallest absolute Gasteiger partial charge is 0.333 e. The Balaban J connectivity index is 1.37. The molecule has 1 aliphatic carbocycles. The maximum absolute atomic E-state index is 11.3. The van der Waals surface area contributed by atoms with Crippen molar-refractivity contribution in [2.45, 2.75) is 57.6 Å². The zero-order valence-electron chi connectivity index (χ0n) is 25.8. The second-order valence-corrected chi connectivity index (χ2v) is 11.6. The Morgan fingerprint density at radius 1 is 0.884 bits per heavy atom. The van der Waals surface area contributed by atoms with E-state index in [2.05, 4.69) is 92.5 Å². The Morgan fingerprint density at radius 2 is 1.60 bits per heavy atom. The lowest BCUT2D eigenvalue weighted by molar-refractivity contribution is -0.148. The molecule has 0 bridgehead atoms. The molecular weight excluding hydrogens is 534 g/mol. The molecule has 1 N–H and O–H groups in total. The molecule has 4 aromatic rings. The summed E-state index contributed by atoms with van der Waals surface area (Å²) in [6.07, 6.45) is 2.58. The molecule has 0 amide bonds. The first-order valence-electron chi connectivity index (χ1n) is 15.3. The second-order valence-electron chi connectivity index (χ2n) is 11.6. The molecule has 43 heavy (non-hydrogen) atoms. The van der Waals surface area contributed by atoms with Crippen LogP contribution in [-0.2, 0) is 35.2 Å². The van der Waals surface area contributed by atoms with Gasteiger partial charge in [0.05, 0.1) is 6.04 Å². The lowest BCUT2D eigenvalue weighted by Gasteiger charge is -2.31. The maximum atomic E-state index is 11.3. The van der Waals surface area contributed by atoms with E-state index < -0.39 is 12.1 Å². The Labute approximate surface area is 256 Å². The van der Waals surface area contributed by atoms with E-state index in [1.54, 1.807) is 0 Å². The monoisotopic (exact) mass is 577 g/mol. The predicted molar refractivity (Wildman–Crippen MR) is 172 cm³/mol. The summed E-state index contributed by atoms with van der Waals surface area (Å²) in [5, 5.41) is 9.27. The molecular formula is C38H43NO4. The summed E-state index contributed by atoms with van der Waals surface area (Å²) in [5.74, 6) is 0.123. The van der Waals surface area contributed by atoms with Gasteiger partial charge in [-0.2, -0.15) is 0 Å². The van der Waals surface area contributed by atoms with E-state index in [4.69, 9.17) is 9.47 Å². The standard InChI is InChI=1S/C38H43NO4/c1-5-27-13-20-34-32(23-27)17-15-30-14-16-31(26(2)29-9-7-6-8-10-29)25-35(30)37(34)39(3)21-22-43-33-18-11-28(12-19-33)24-36(42-4)38(40)41/h6-14,16,18-20,23,25-26,36-37H,5,15,17,21-22,24H2,1-4H3,(H,40,41). The number of benzene rings is 4. The van der Waals surface area contributed by atoms with Crippen molar-refractivity contribution >= 4 is 5.97 Å². The van der Waals surface area contributed by atoms with Crippen molar-refractivity contribution < 1.29 is 19.4 Å². The lowest BCUT2D eigenvalue weighted by atomic mass is 9.87. The molecule has 0 saturated heterocycles. The van der Waals surface area contributed by atoms with Gasteiger partial charge < -0.3 is 14.6 Å². The van der Waals surface area contributed by atoms with Gasteiger partial charge in [0.2, 0.25) is 0 Å². The van der Waals surface area contributed by atoms with Crippen LogP contribution in [0.4, 0.5) is 0 Å². The number of hydrogen-bond acceptors (Lipinski definition) is 4. The van der Waals surface area contributed by atoms with Gasteiger partial charge in [0, 0.05) is 26.0 Å². The molecule has 0 saturated carbocycles. The molecule has 0 aliphatic heterocycles. The third-order valence-electron chi connectivity index (χ3n) is 8.90. The summed E-state index contributed by atoms with van der Waals surface area (Å²) in [6.45, 7) is 5.81. The van der Waals surface area contributed by atoms with E-state index >= 15 is 0 Å². The van der Waals surface area contributed by atoms with Crippen molar-refractivity contribution in [3.63, 3.8) is 0 Å². The fourth-order valence-electron chi connectivity index (χ4n) is 6.22. The highest BCUT2D eigenvalue weighted by Crippen LogP contribution is 2.39. The first-order chi connectivity index (χ1) is 20.9. The van der Waals surface area contributed by atoms with Crippen molar-refractivity contribution in [2.24, 2.45) is 0 Å². The van der Waals surface area contributed by atoms with Crippen LogP contribution in [0, 0.1) is 0 Å². The third kappa shape index (κ3) is 7.18. The van der Waals surface area contributed by atoms with Crippen molar-refractivity contribution in [3.05, 3.63) is 136 Å². The molecule has 4 aromatic carbocycles. The van der Waals surface area contributed by atoms with Gasteiger partial charge in [-0.25, -0.2) is 4.79 Å². The number of carboxylic acids is 1. The van der Waals surface area contributed by atoms with Gasteiger partial charge >= 0.3 is 5.97 Å². The van der Waals surface area contributed by atoms with Crippen LogP contribution in [0.15, 0.2) is 91.0 Å². The van der Waals surface area contributed by atoms with Gasteiger partial charge in [0.25, 0.3) is 0 Å². The molecule has 0 aromatic heterocycles. The molecule has 3 unspecified atom stereocenters. The van der Waals surface area contributed by atoms with Crippen molar-refractivity contribution in [1.82, 2.24) is 4.90 Å². The summed E-state index contributed by atoms with van der Waals surface area (Å²) >= 11 is 0. The SMILES string of the molecule is CCc1ccc2c(c1)CCc1ccc(C(C)c3ccccc3)cc1C2N(C)CCOc1ccc(CC(OC)C(=O)O)cc1. The Bertz CT molecular complexity index is 1520. The molecule has 0 spiro atoms. The second kappa shape index (κ2) is 14.0. The van der Waals surface area contributed by atoms with Crippen LogP contribution in [-0.4, -0.2) is 49.4 Å². The van der Waals surface area contributed by atoms with Gasteiger partial charge in [0.1, 0.15) is 12.4 Å². The fraction of sp³-hybridized carbons (Fsp3) is 0.342. The zero-order chi connectivity index (χ0) is 30.3. The van der Waals surface area contributed by atoms with Gasteiger partial charge in [-0.3, -0.25) is 4.90 Å². The summed E-state index contributed by atoms with van der Waals surface area (Å²) in [5.41, 5.74) is 10.6. The number of likely N-dealkylation sites (N-methyl/N-ethyl adjacent to an activating group) is 1. The number of methoxy groups -OCH3 is 1. The highest BCUT2D eigenvalue weighted by Gasteiger charge is 2.28. The van der Waals surface area contributed by atoms with Crippen LogP contribution in [0.25, 0.3) is 0 Å². The number of aliphatic carboxylic acids is 1. The first-order valence-corrected chi connectivity index (χ1v) is 15.3. The number of aryl methyl sites for hydroxylation is 3. The molecule has 5 rings (SSSR count). The summed E-state index contributed by atoms with van der Waals surface area (Å²) in [6, 6.07) is 32.7. The number of ether oxygens (including phenoxy) is 2. The summed E-state index contributed by atoms with van der Waals surface area (Å²) in [4.78, 5) is 13.7. The average Bonchev–Trinajstić information content (AvgIpc) is 3.20. The van der Waals surface area contributed by atoms with E-state index in [1.807, 2.05) is 24.3 Å². The average molecular weight is 578 g/mol.